The monoisotopic (exact) mass is 297 g/mol. The van der Waals surface area contributed by atoms with Crippen molar-refractivity contribution in [1.82, 2.24) is 9.71 Å². The van der Waals surface area contributed by atoms with Crippen LogP contribution in [0.4, 0.5) is 0 Å². The van der Waals surface area contributed by atoms with Crippen molar-refractivity contribution in [2.45, 2.75) is 31.0 Å². The van der Waals surface area contributed by atoms with E-state index < -0.39 is 10.0 Å². The molecular weight excluding hydrogens is 278 g/mol. The first-order chi connectivity index (χ1) is 9.57. The summed E-state index contributed by atoms with van der Waals surface area (Å²) in [5.74, 6) is 0.323. The summed E-state index contributed by atoms with van der Waals surface area (Å²) in [6.45, 7) is 0.676. The number of nitrogens with two attached hydrogens (primary N) is 1. The van der Waals surface area contributed by atoms with Gasteiger partial charge in [-0.05, 0) is 18.6 Å². The zero-order valence-corrected chi connectivity index (χ0v) is 11.9. The summed E-state index contributed by atoms with van der Waals surface area (Å²) < 4.78 is 32.4. The fourth-order valence-electron chi connectivity index (χ4n) is 2.95. The maximum atomic E-state index is 12.1. The number of pyridine rings is 1. The van der Waals surface area contributed by atoms with Gasteiger partial charge in [0.25, 0.3) is 0 Å². The number of fused-ring (bicyclic) bond motifs is 1. The van der Waals surface area contributed by atoms with Gasteiger partial charge in [-0.1, -0.05) is 6.07 Å². The summed E-state index contributed by atoms with van der Waals surface area (Å²) in [5, 5.41) is 0. The summed E-state index contributed by atoms with van der Waals surface area (Å²) in [7, 11) is -3.36. The smallest absolute Gasteiger partial charge is 0.212 e. The molecule has 1 saturated carbocycles. The van der Waals surface area contributed by atoms with Gasteiger partial charge in [0, 0.05) is 36.9 Å². The van der Waals surface area contributed by atoms with Gasteiger partial charge in [-0.15, -0.1) is 0 Å². The lowest BCUT2D eigenvalue weighted by molar-refractivity contribution is -0.00923. The van der Waals surface area contributed by atoms with Crippen molar-refractivity contribution in [3.8, 4) is 0 Å². The van der Waals surface area contributed by atoms with Crippen molar-refractivity contribution in [2.75, 3.05) is 12.4 Å². The zero-order valence-electron chi connectivity index (χ0n) is 11.1. The molecule has 6 nitrogen and oxygen atoms in total. The number of aromatic nitrogens is 1. The number of hydrogen-bond donors (Lipinski definition) is 2. The average Bonchev–Trinajstić information content (AvgIpc) is 2.89. The lowest BCUT2D eigenvalue weighted by Crippen LogP contribution is -2.69. The Morgan fingerprint density at radius 2 is 2.30 bits per heavy atom. The minimum atomic E-state index is -3.36. The van der Waals surface area contributed by atoms with Crippen molar-refractivity contribution in [2.24, 2.45) is 11.7 Å². The molecule has 2 fully saturated rings. The van der Waals surface area contributed by atoms with Crippen molar-refractivity contribution in [1.29, 1.82) is 0 Å². The second-order valence-electron chi connectivity index (χ2n) is 5.40. The normalized spacial score (nSPS) is 32.6. The van der Waals surface area contributed by atoms with E-state index in [1.54, 1.807) is 12.3 Å². The summed E-state index contributed by atoms with van der Waals surface area (Å²) in [6.07, 6.45) is 2.94. The highest BCUT2D eigenvalue weighted by atomic mass is 32.2. The van der Waals surface area contributed by atoms with Crippen LogP contribution in [0, 0.1) is 5.92 Å². The number of sulfonamides is 1. The number of rotatable bonds is 5. The second kappa shape index (κ2) is 5.40. The molecule has 0 aromatic carbocycles. The number of nitrogens with one attached hydrogen (secondary N) is 1. The highest BCUT2D eigenvalue weighted by Crippen LogP contribution is 2.38. The summed E-state index contributed by atoms with van der Waals surface area (Å²) in [4.78, 5) is 4.12. The SMILES string of the molecule is NC1C2CCOC2C1NS(=O)(=O)CCc1ccccn1. The molecule has 4 atom stereocenters. The first kappa shape index (κ1) is 13.9. The minimum Gasteiger partial charge on any atom is -0.376 e. The van der Waals surface area contributed by atoms with Gasteiger partial charge < -0.3 is 10.5 Å². The van der Waals surface area contributed by atoms with E-state index in [9.17, 15) is 8.42 Å². The average molecular weight is 297 g/mol. The van der Waals surface area contributed by atoms with E-state index in [0.717, 1.165) is 12.1 Å². The van der Waals surface area contributed by atoms with Crippen LogP contribution in [0.2, 0.25) is 0 Å². The molecule has 1 aliphatic carbocycles. The van der Waals surface area contributed by atoms with Gasteiger partial charge >= 0.3 is 0 Å². The Kier molecular flexibility index (Phi) is 3.76. The van der Waals surface area contributed by atoms with E-state index in [-0.39, 0.29) is 23.9 Å². The van der Waals surface area contributed by atoms with Crippen molar-refractivity contribution in [3.63, 3.8) is 0 Å². The Morgan fingerprint density at radius 3 is 3.05 bits per heavy atom. The Balaban J connectivity index is 1.56. The third-order valence-electron chi connectivity index (χ3n) is 4.12. The molecule has 0 bridgehead atoms. The number of hydrogen-bond acceptors (Lipinski definition) is 5. The maximum Gasteiger partial charge on any atom is 0.212 e. The molecule has 2 heterocycles. The fraction of sp³-hybridized carbons (Fsp3) is 0.615. The molecule has 3 N–H and O–H groups in total. The Bertz CT molecular complexity index is 563. The molecule has 1 aromatic rings. The summed E-state index contributed by atoms with van der Waals surface area (Å²) in [5.41, 5.74) is 6.77. The molecule has 3 rings (SSSR count). The molecule has 1 aromatic heterocycles. The highest BCUT2D eigenvalue weighted by Gasteiger charge is 2.53. The van der Waals surface area contributed by atoms with E-state index in [1.807, 2.05) is 12.1 Å². The standard InChI is InChI=1S/C13H19N3O3S/c14-11-10-4-7-19-13(10)12(11)16-20(17,18)8-5-9-3-1-2-6-15-9/h1-3,6,10-13,16H,4-5,7-8,14H2. The lowest BCUT2D eigenvalue weighted by Gasteiger charge is -2.45. The zero-order chi connectivity index (χ0) is 14.2. The highest BCUT2D eigenvalue weighted by molar-refractivity contribution is 7.89. The Morgan fingerprint density at radius 1 is 1.45 bits per heavy atom. The Hall–Kier alpha value is -1.02. The quantitative estimate of drug-likeness (QED) is 0.775. The minimum absolute atomic E-state index is 0.0185. The van der Waals surface area contributed by atoms with E-state index in [2.05, 4.69) is 9.71 Å². The van der Waals surface area contributed by atoms with Crippen molar-refractivity contribution >= 4 is 10.0 Å². The third-order valence-corrected chi connectivity index (χ3v) is 5.49. The molecule has 0 radical (unpaired) electrons. The molecule has 0 amide bonds. The van der Waals surface area contributed by atoms with Crippen LogP contribution in [0.3, 0.4) is 0 Å². The maximum absolute atomic E-state index is 12.1. The molecular formula is C13H19N3O3S. The molecule has 1 saturated heterocycles. The summed E-state index contributed by atoms with van der Waals surface area (Å²) in [6, 6.07) is 5.06. The van der Waals surface area contributed by atoms with Crippen molar-refractivity contribution < 1.29 is 13.2 Å². The molecule has 20 heavy (non-hydrogen) atoms. The second-order valence-corrected chi connectivity index (χ2v) is 7.27. The number of aryl methyl sites for hydroxylation is 1. The number of nitrogens with zero attached hydrogens (tertiary/aromatic N) is 1. The molecule has 4 unspecified atom stereocenters. The van der Waals surface area contributed by atoms with E-state index in [4.69, 9.17) is 10.5 Å². The van der Waals surface area contributed by atoms with Crippen LogP contribution in [0.1, 0.15) is 12.1 Å². The van der Waals surface area contributed by atoms with E-state index >= 15 is 0 Å². The van der Waals surface area contributed by atoms with E-state index in [0.29, 0.717) is 18.9 Å². The van der Waals surface area contributed by atoms with Gasteiger partial charge in [0.2, 0.25) is 10.0 Å². The first-order valence-corrected chi connectivity index (χ1v) is 8.49. The van der Waals surface area contributed by atoms with Crippen LogP contribution in [0.5, 0.6) is 0 Å². The largest absolute Gasteiger partial charge is 0.376 e. The van der Waals surface area contributed by atoms with E-state index in [1.165, 1.54) is 0 Å². The number of ether oxygens (including phenoxy) is 1. The summed E-state index contributed by atoms with van der Waals surface area (Å²) >= 11 is 0. The van der Waals surface area contributed by atoms with Gasteiger partial charge in [0.1, 0.15) is 0 Å². The molecule has 2 aliphatic rings. The van der Waals surface area contributed by atoms with Crippen LogP contribution in [0.15, 0.2) is 24.4 Å². The van der Waals surface area contributed by atoms with Gasteiger partial charge in [-0.3, -0.25) is 4.98 Å². The first-order valence-electron chi connectivity index (χ1n) is 6.84. The third kappa shape index (κ3) is 2.71. The van der Waals surface area contributed by atoms with Gasteiger partial charge in [-0.2, -0.15) is 0 Å². The topological polar surface area (TPSA) is 94.3 Å². The van der Waals surface area contributed by atoms with Crippen LogP contribution >= 0.6 is 0 Å². The van der Waals surface area contributed by atoms with Crippen LogP contribution in [-0.4, -0.2) is 43.9 Å². The van der Waals surface area contributed by atoms with Gasteiger partial charge in [-0.25, -0.2) is 13.1 Å². The van der Waals surface area contributed by atoms with Crippen molar-refractivity contribution in [3.05, 3.63) is 30.1 Å². The Labute approximate surface area is 118 Å². The molecule has 110 valence electrons. The van der Waals surface area contributed by atoms with Crippen LogP contribution in [-0.2, 0) is 21.2 Å². The van der Waals surface area contributed by atoms with Crippen LogP contribution < -0.4 is 10.5 Å². The predicted molar refractivity (Wildman–Crippen MR) is 74.5 cm³/mol. The molecule has 7 heteroatoms. The molecule has 0 spiro atoms. The fourth-order valence-corrected chi connectivity index (χ4v) is 4.25. The lowest BCUT2D eigenvalue weighted by atomic mass is 9.73. The van der Waals surface area contributed by atoms with Gasteiger partial charge in [0.05, 0.1) is 17.9 Å². The van der Waals surface area contributed by atoms with Gasteiger partial charge in [0.15, 0.2) is 0 Å². The molecule has 1 aliphatic heterocycles. The van der Waals surface area contributed by atoms with Crippen LogP contribution in [0.25, 0.3) is 0 Å². The predicted octanol–water partition coefficient (Wildman–Crippen LogP) is -0.342.